The first-order chi connectivity index (χ1) is 12.2. The molecule has 8 nitrogen and oxygen atoms in total. The van der Waals surface area contributed by atoms with Crippen molar-refractivity contribution in [3.05, 3.63) is 18.2 Å². The third kappa shape index (κ3) is 5.16. The fourth-order valence-electron chi connectivity index (χ4n) is 2.44. The summed E-state index contributed by atoms with van der Waals surface area (Å²) >= 11 is 0. The molecule has 1 amide bonds. The normalized spacial score (nSPS) is 17.1. The van der Waals surface area contributed by atoms with Crippen LogP contribution in [0.15, 0.2) is 23.1 Å². The Kier molecular flexibility index (Phi) is 6.99. The fourth-order valence-corrected chi connectivity index (χ4v) is 3.87. The summed E-state index contributed by atoms with van der Waals surface area (Å²) in [5.41, 5.74) is 6.69. The van der Waals surface area contributed by atoms with Crippen LogP contribution in [0.4, 0.5) is 11.4 Å². The van der Waals surface area contributed by atoms with E-state index in [9.17, 15) is 13.2 Å². The van der Waals surface area contributed by atoms with E-state index in [2.05, 4.69) is 24.5 Å². The molecule has 9 heteroatoms. The largest absolute Gasteiger partial charge is 0.383 e. The number of anilines is 2. The molecule has 0 aliphatic carbocycles. The van der Waals surface area contributed by atoms with Crippen molar-refractivity contribution in [2.24, 2.45) is 11.7 Å². The van der Waals surface area contributed by atoms with Crippen molar-refractivity contribution >= 4 is 27.3 Å². The average molecular weight is 385 g/mol. The van der Waals surface area contributed by atoms with E-state index in [0.29, 0.717) is 50.1 Å². The number of morpholine rings is 1. The molecule has 1 aromatic rings. The van der Waals surface area contributed by atoms with Crippen LogP contribution in [0.1, 0.15) is 20.8 Å². The minimum Gasteiger partial charge on any atom is -0.383 e. The van der Waals surface area contributed by atoms with Gasteiger partial charge < -0.3 is 21.1 Å². The summed E-state index contributed by atoms with van der Waals surface area (Å²) in [6.45, 7) is 7.77. The average Bonchev–Trinajstić information content (AvgIpc) is 2.61. The Bertz CT molecular complexity index is 728. The van der Waals surface area contributed by atoms with E-state index < -0.39 is 16.1 Å². The summed E-state index contributed by atoms with van der Waals surface area (Å²) in [6, 6.07) is 4.00. The summed E-state index contributed by atoms with van der Waals surface area (Å²) < 4.78 is 32.3. The van der Waals surface area contributed by atoms with Crippen LogP contribution in [0.25, 0.3) is 0 Å². The number of ether oxygens (including phenoxy) is 1. The maximum absolute atomic E-state index is 12.8. The standard InChI is InChI=1S/C17H28N4O4S/c1-12(2)11-19-15-5-4-14(10-16(15)20-17(22)13(3)18)26(23,24)21-6-8-25-9-7-21/h4-5,10,12-13,19H,6-9,11,18H2,1-3H3,(H,20,22)/t13-/m0/s1. The highest BCUT2D eigenvalue weighted by molar-refractivity contribution is 7.89. The number of carbonyl (C=O) groups is 1. The van der Waals surface area contributed by atoms with Crippen LogP contribution in [-0.4, -0.2) is 57.5 Å². The first kappa shape index (κ1) is 20.6. The molecule has 2 rings (SSSR count). The Hall–Kier alpha value is -1.68. The van der Waals surface area contributed by atoms with E-state index in [1.165, 1.54) is 10.4 Å². The minimum absolute atomic E-state index is 0.134. The molecule has 1 heterocycles. The van der Waals surface area contributed by atoms with Crippen LogP contribution in [0, 0.1) is 5.92 Å². The second-order valence-electron chi connectivity index (χ2n) is 6.78. The highest BCUT2D eigenvalue weighted by Crippen LogP contribution is 2.28. The lowest BCUT2D eigenvalue weighted by molar-refractivity contribution is -0.117. The lowest BCUT2D eigenvalue weighted by Gasteiger charge is -2.26. The summed E-state index contributed by atoms with van der Waals surface area (Å²) in [5, 5.41) is 5.95. The molecule has 1 saturated heterocycles. The van der Waals surface area contributed by atoms with E-state index in [0.717, 1.165) is 0 Å². The topological polar surface area (TPSA) is 114 Å². The molecule has 1 aliphatic rings. The van der Waals surface area contributed by atoms with Crippen molar-refractivity contribution in [1.82, 2.24) is 4.31 Å². The number of amides is 1. The maximum atomic E-state index is 12.8. The van der Waals surface area contributed by atoms with Crippen LogP contribution in [0.3, 0.4) is 0 Å². The number of carbonyl (C=O) groups excluding carboxylic acids is 1. The number of rotatable bonds is 7. The third-order valence-corrected chi connectivity index (χ3v) is 5.87. The van der Waals surface area contributed by atoms with Gasteiger partial charge in [0.25, 0.3) is 0 Å². The van der Waals surface area contributed by atoms with Gasteiger partial charge in [-0.15, -0.1) is 0 Å². The lowest BCUT2D eigenvalue weighted by Crippen LogP contribution is -2.40. The number of nitrogens with two attached hydrogens (primary N) is 1. The molecule has 1 aromatic carbocycles. The van der Waals surface area contributed by atoms with Gasteiger partial charge in [0, 0.05) is 19.6 Å². The van der Waals surface area contributed by atoms with Crippen LogP contribution in [0.2, 0.25) is 0 Å². The number of hydrogen-bond donors (Lipinski definition) is 3. The lowest BCUT2D eigenvalue weighted by atomic mass is 10.2. The van der Waals surface area contributed by atoms with Gasteiger partial charge in [0.15, 0.2) is 0 Å². The maximum Gasteiger partial charge on any atom is 0.243 e. The van der Waals surface area contributed by atoms with Crippen molar-refractivity contribution in [1.29, 1.82) is 0 Å². The second kappa shape index (κ2) is 8.81. The van der Waals surface area contributed by atoms with E-state index in [-0.39, 0.29) is 10.8 Å². The molecule has 0 bridgehead atoms. The predicted molar refractivity (Wildman–Crippen MR) is 102 cm³/mol. The SMILES string of the molecule is CC(C)CNc1ccc(S(=O)(=O)N2CCOCC2)cc1NC(=O)[C@H](C)N. The van der Waals surface area contributed by atoms with E-state index in [1.807, 2.05) is 0 Å². The zero-order valence-electron chi connectivity index (χ0n) is 15.5. The summed E-state index contributed by atoms with van der Waals surface area (Å²) in [7, 11) is -3.65. The molecule has 1 fully saturated rings. The van der Waals surface area contributed by atoms with Crippen molar-refractivity contribution in [2.75, 3.05) is 43.5 Å². The Morgan fingerprint density at radius 1 is 1.23 bits per heavy atom. The molecule has 0 aromatic heterocycles. The number of nitrogens with zero attached hydrogens (tertiary/aromatic N) is 1. The van der Waals surface area contributed by atoms with Crippen LogP contribution < -0.4 is 16.4 Å². The summed E-state index contributed by atoms with van der Waals surface area (Å²) in [4.78, 5) is 12.2. The van der Waals surface area contributed by atoms with Gasteiger partial charge in [-0.3, -0.25) is 4.79 Å². The van der Waals surface area contributed by atoms with Gasteiger partial charge in [0.05, 0.1) is 35.5 Å². The Morgan fingerprint density at radius 2 is 1.88 bits per heavy atom. The van der Waals surface area contributed by atoms with Crippen LogP contribution in [-0.2, 0) is 19.6 Å². The molecule has 0 saturated carbocycles. The van der Waals surface area contributed by atoms with Gasteiger partial charge in [-0.05, 0) is 31.0 Å². The van der Waals surface area contributed by atoms with E-state index >= 15 is 0 Å². The highest BCUT2D eigenvalue weighted by atomic mass is 32.2. The third-order valence-electron chi connectivity index (χ3n) is 3.97. The number of sulfonamides is 1. The van der Waals surface area contributed by atoms with Crippen LogP contribution in [0.5, 0.6) is 0 Å². The van der Waals surface area contributed by atoms with Crippen molar-refractivity contribution < 1.29 is 17.9 Å². The smallest absolute Gasteiger partial charge is 0.243 e. The zero-order valence-corrected chi connectivity index (χ0v) is 16.3. The van der Waals surface area contributed by atoms with Gasteiger partial charge in [0.2, 0.25) is 15.9 Å². The molecule has 1 atom stereocenters. The van der Waals surface area contributed by atoms with Gasteiger partial charge in [0.1, 0.15) is 0 Å². The quantitative estimate of drug-likeness (QED) is 0.648. The van der Waals surface area contributed by atoms with Crippen molar-refractivity contribution in [3.63, 3.8) is 0 Å². The Morgan fingerprint density at radius 3 is 2.46 bits per heavy atom. The summed E-state index contributed by atoms with van der Waals surface area (Å²) in [5.74, 6) is 0.0160. The zero-order chi connectivity index (χ0) is 19.3. The first-order valence-electron chi connectivity index (χ1n) is 8.74. The molecule has 1 aliphatic heterocycles. The van der Waals surface area contributed by atoms with Gasteiger partial charge in [-0.25, -0.2) is 8.42 Å². The predicted octanol–water partition coefficient (Wildman–Crippen LogP) is 1.06. The summed E-state index contributed by atoms with van der Waals surface area (Å²) in [6.07, 6.45) is 0. The molecule has 0 unspecified atom stereocenters. The Balaban J connectivity index is 2.34. The minimum atomic E-state index is -3.65. The molecular formula is C17H28N4O4S. The number of benzene rings is 1. The van der Waals surface area contributed by atoms with E-state index in [1.54, 1.807) is 19.1 Å². The highest BCUT2D eigenvalue weighted by Gasteiger charge is 2.27. The van der Waals surface area contributed by atoms with Crippen LogP contribution >= 0.6 is 0 Å². The van der Waals surface area contributed by atoms with Gasteiger partial charge in [-0.2, -0.15) is 4.31 Å². The first-order valence-corrected chi connectivity index (χ1v) is 10.2. The number of hydrogen-bond acceptors (Lipinski definition) is 6. The molecule has 26 heavy (non-hydrogen) atoms. The molecular weight excluding hydrogens is 356 g/mol. The molecule has 146 valence electrons. The second-order valence-corrected chi connectivity index (χ2v) is 8.71. The van der Waals surface area contributed by atoms with Gasteiger partial charge >= 0.3 is 0 Å². The number of nitrogens with one attached hydrogen (secondary N) is 2. The van der Waals surface area contributed by atoms with E-state index in [4.69, 9.17) is 10.5 Å². The molecule has 0 spiro atoms. The fraction of sp³-hybridized carbons (Fsp3) is 0.588. The molecule has 4 N–H and O–H groups in total. The Labute approximate surface area is 155 Å². The van der Waals surface area contributed by atoms with Gasteiger partial charge in [-0.1, -0.05) is 13.8 Å². The van der Waals surface area contributed by atoms with Crippen molar-refractivity contribution in [3.8, 4) is 0 Å². The van der Waals surface area contributed by atoms with Crippen molar-refractivity contribution in [2.45, 2.75) is 31.7 Å². The molecule has 0 radical (unpaired) electrons. The monoisotopic (exact) mass is 384 g/mol.